The summed E-state index contributed by atoms with van der Waals surface area (Å²) in [6, 6.07) is 9.34. The number of benzene rings is 1. The standard InChI is InChI=1S/C23H25F2N5O3/c1-3-23(24,25)33-17-6-4-16(5-7-17)28-22(31)15-12-19(20-8-10-27-29-20)21(26-13-15)30-11-9-18(14-30)32-2/h4-8,10,12-13,18H,3,9,11,14H2,1-2H3,(H,27,29)(H,28,31)/t18-/m1/s1. The lowest BCUT2D eigenvalue weighted by Crippen LogP contribution is -2.24. The van der Waals surface area contributed by atoms with Crippen molar-refractivity contribution in [3.05, 3.63) is 54.4 Å². The fraction of sp³-hybridized carbons (Fsp3) is 0.348. The van der Waals surface area contributed by atoms with Gasteiger partial charge in [0.2, 0.25) is 0 Å². The first kappa shape index (κ1) is 22.7. The van der Waals surface area contributed by atoms with Crippen molar-refractivity contribution in [3.63, 3.8) is 0 Å². The van der Waals surface area contributed by atoms with E-state index >= 15 is 0 Å². The smallest absolute Gasteiger partial charge is 0.397 e. The Bertz CT molecular complexity index is 1090. The van der Waals surface area contributed by atoms with Crippen molar-refractivity contribution in [2.24, 2.45) is 0 Å². The molecule has 1 aliphatic heterocycles. The molecule has 174 valence electrons. The number of methoxy groups -OCH3 is 1. The second kappa shape index (κ2) is 9.53. The zero-order valence-corrected chi connectivity index (χ0v) is 18.3. The van der Waals surface area contributed by atoms with E-state index < -0.39 is 12.5 Å². The van der Waals surface area contributed by atoms with Gasteiger partial charge in [-0.05, 0) is 42.8 Å². The van der Waals surface area contributed by atoms with Gasteiger partial charge >= 0.3 is 6.11 Å². The predicted molar refractivity (Wildman–Crippen MR) is 120 cm³/mol. The Kier molecular flexibility index (Phi) is 6.55. The molecule has 1 aromatic carbocycles. The van der Waals surface area contributed by atoms with Gasteiger partial charge in [0.1, 0.15) is 11.6 Å². The van der Waals surface area contributed by atoms with Crippen LogP contribution in [0.2, 0.25) is 0 Å². The van der Waals surface area contributed by atoms with Crippen LogP contribution in [0.5, 0.6) is 5.75 Å². The monoisotopic (exact) mass is 457 g/mol. The molecular formula is C23H25F2N5O3. The maximum atomic E-state index is 13.4. The van der Waals surface area contributed by atoms with E-state index in [1.807, 2.05) is 6.07 Å². The molecule has 2 N–H and O–H groups in total. The third kappa shape index (κ3) is 5.28. The molecule has 8 nitrogen and oxygen atoms in total. The lowest BCUT2D eigenvalue weighted by Gasteiger charge is -2.20. The normalized spacial score (nSPS) is 16.1. The number of carbonyl (C=O) groups is 1. The predicted octanol–water partition coefficient (Wildman–Crippen LogP) is 4.33. The molecule has 1 aliphatic rings. The number of halogens is 2. The highest BCUT2D eigenvalue weighted by Gasteiger charge is 2.29. The molecule has 2 aromatic heterocycles. The Hall–Kier alpha value is -3.53. The number of nitrogens with one attached hydrogen (secondary N) is 2. The zero-order chi connectivity index (χ0) is 23.4. The summed E-state index contributed by atoms with van der Waals surface area (Å²) < 4.78 is 36.9. The molecule has 1 fully saturated rings. The maximum absolute atomic E-state index is 13.4. The molecule has 33 heavy (non-hydrogen) atoms. The fourth-order valence-corrected chi connectivity index (χ4v) is 3.60. The van der Waals surface area contributed by atoms with E-state index in [9.17, 15) is 13.6 Å². The van der Waals surface area contributed by atoms with E-state index in [1.54, 1.807) is 19.4 Å². The number of amides is 1. The zero-order valence-electron chi connectivity index (χ0n) is 18.3. The fourth-order valence-electron chi connectivity index (χ4n) is 3.60. The highest BCUT2D eigenvalue weighted by Crippen LogP contribution is 2.31. The van der Waals surface area contributed by atoms with Crippen molar-refractivity contribution < 1.29 is 23.0 Å². The molecule has 0 unspecified atom stereocenters. The van der Waals surface area contributed by atoms with E-state index in [2.05, 4.69) is 30.1 Å². The first-order valence-corrected chi connectivity index (χ1v) is 10.6. The van der Waals surface area contributed by atoms with Gasteiger partial charge in [-0.1, -0.05) is 6.92 Å². The molecule has 10 heteroatoms. The summed E-state index contributed by atoms with van der Waals surface area (Å²) in [7, 11) is 1.69. The van der Waals surface area contributed by atoms with Crippen molar-refractivity contribution in [2.45, 2.75) is 32.0 Å². The van der Waals surface area contributed by atoms with Gasteiger partial charge in [-0.3, -0.25) is 9.89 Å². The number of hydrogen-bond donors (Lipinski definition) is 2. The van der Waals surface area contributed by atoms with Crippen LogP contribution in [-0.4, -0.2) is 53.5 Å². The second-order valence-electron chi connectivity index (χ2n) is 7.72. The highest BCUT2D eigenvalue weighted by atomic mass is 19.3. The van der Waals surface area contributed by atoms with Crippen LogP contribution in [0.25, 0.3) is 11.3 Å². The molecule has 4 rings (SSSR count). The van der Waals surface area contributed by atoms with Crippen LogP contribution >= 0.6 is 0 Å². The Balaban J connectivity index is 1.53. The third-order valence-corrected chi connectivity index (χ3v) is 5.47. The van der Waals surface area contributed by atoms with Gasteiger partial charge in [0.25, 0.3) is 5.91 Å². The highest BCUT2D eigenvalue weighted by molar-refractivity contribution is 6.05. The first-order valence-electron chi connectivity index (χ1n) is 10.6. The van der Waals surface area contributed by atoms with Crippen LogP contribution in [0.3, 0.4) is 0 Å². The Morgan fingerprint density at radius 1 is 1.30 bits per heavy atom. The second-order valence-corrected chi connectivity index (χ2v) is 7.72. The van der Waals surface area contributed by atoms with Crippen LogP contribution in [0, 0.1) is 0 Å². The number of carbonyl (C=O) groups excluding carboxylic acids is 1. The molecule has 0 spiro atoms. The summed E-state index contributed by atoms with van der Waals surface area (Å²) in [6.07, 6.45) is 0.575. The van der Waals surface area contributed by atoms with Gasteiger partial charge in [-0.15, -0.1) is 0 Å². The number of hydrogen-bond acceptors (Lipinski definition) is 6. The number of nitrogens with zero attached hydrogens (tertiary/aromatic N) is 3. The van der Waals surface area contributed by atoms with Crippen LogP contribution in [-0.2, 0) is 4.74 Å². The number of ether oxygens (including phenoxy) is 2. The minimum atomic E-state index is -3.24. The van der Waals surface area contributed by atoms with E-state index in [4.69, 9.17) is 4.74 Å². The van der Waals surface area contributed by atoms with Gasteiger partial charge in [-0.25, -0.2) is 4.98 Å². The Morgan fingerprint density at radius 2 is 2.09 bits per heavy atom. The topological polar surface area (TPSA) is 92.4 Å². The van der Waals surface area contributed by atoms with Crippen molar-refractivity contribution in [3.8, 4) is 17.0 Å². The molecular weight excluding hydrogens is 432 g/mol. The van der Waals surface area contributed by atoms with Crippen molar-refractivity contribution in [1.82, 2.24) is 15.2 Å². The summed E-state index contributed by atoms with van der Waals surface area (Å²) >= 11 is 0. The SMILES string of the molecule is CCC(F)(F)Oc1ccc(NC(=O)c2cnc(N3CC[C@@H](OC)C3)c(-c3cc[nH]n3)c2)cc1. The number of aromatic amines is 1. The van der Waals surface area contributed by atoms with Gasteiger partial charge in [-0.2, -0.15) is 13.9 Å². The van der Waals surface area contributed by atoms with Gasteiger partial charge in [0, 0.05) is 50.3 Å². The Labute approximate surface area is 189 Å². The quantitative estimate of drug-likeness (QED) is 0.523. The number of pyridine rings is 1. The number of aromatic nitrogens is 3. The summed E-state index contributed by atoms with van der Waals surface area (Å²) in [6.45, 7) is 2.84. The summed E-state index contributed by atoms with van der Waals surface area (Å²) in [5.41, 5.74) is 2.19. The van der Waals surface area contributed by atoms with Crippen LogP contribution in [0.15, 0.2) is 48.8 Å². The molecule has 3 aromatic rings. The molecule has 0 bridgehead atoms. The molecule has 1 saturated heterocycles. The van der Waals surface area contributed by atoms with Crippen molar-refractivity contribution in [2.75, 3.05) is 30.4 Å². The molecule has 0 aliphatic carbocycles. The van der Waals surface area contributed by atoms with Crippen LogP contribution in [0.4, 0.5) is 20.3 Å². The maximum Gasteiger partial charge on any atom is 0.397 e. The molecule has 0 radical (unpaired) electrons. The lowest BCUT2D eigenvalue weighted by molar-refractivity contribution is -0.177. The summed E-state index contributed by atoms with van der Waals surface area (Å²) in [5, 5.41) is 9.81. The van der Waals surface area contributed by atoms with E-state index in [-0.39, 0.29) is 17.8 Å². The van der Waals surface area contributed by atoms with Crippen LogP contribution < -0.4 is 15.0 Å². The molecule has 3 heterocycles. The average Bonchev–Trinajstić information content (AvgIpc) is 3.52. The molecule has 1 atom stereocenters. The van der Waals surface area contributed by atoms with Crippen molar-refractivity contribution >= 4 is 17.4 Å². The minimum absolute atomic E-state index is 0.0201. The largest absolute Gasteiger partial charge is 0.433 e. The van der Waals surface area contributed by atoms with Crippen LogP contribution in [0.1, 0.15) is 30.1 Å². The molecule has 0 saturated carbocycles. The van der Waals surface area contributed by atoms with Gasteiger partial charge in [0.05, 0.1) is 17.4 Å². The van der Waals surface area contributed by atoms with Gasteiger partial charge < -0.3 is 19.7 Å². The number of rotatable bonds is 8. The third-order valence-electron chi connectivity index (χ3n) is 5.47. The number of H-pyrrole nitrogens is 1. The van der Waals surface area contributed by atoms with E-state index in [0.29, 0.717) is 23.5 Å². The molecule has 1 amide bonds. The first-order chi connectivity index (χ1) is 15.9. The van der Waals surface area contributed by atoms with E-state index in [0.717, 1.165) is 24.3 Å². The van der Waals surface area contributed by atoms with Crippen molar-refractivity contribution in [1.29, 1.82) is 0 Å². The number of anilines is 2. The summed E-state index contributed by atoms with van der Waals surface area (Å²) in [5.74, 6) is 0.373. The lowest BCUT2D eigenvalue weighted by atomic mass is 10.1. The van der Waals surface area contributed by atoms with E-state index in [1.165, 1.54) is 37.4 Å². The minimum Gasteiger partial charge on any atom is -0.433 e. The summed E-state index contributed by atoms with van der Waals surface area (Å²) in [4.78, 5) is 19.5. The average molecular weight is 457 g/mol. The number of alkyl halides is 2. The van der Waals surface area contributed by atoms with Gasteiger partial charge in [0.15, 0.2) is 0 Å². The Morgan fingerprint density at radius 3 is 2.73 bits per heavy atom.